The van der Waals surface area contributed by atoms with E-state index in [2.05, 4.69) is 57.0 Å². The van der Waals surface area contributed by atoms with Crippen molar-refractivity contribution in [2.24, 2.45) is 0 Å². The lowest BCUT2D eigenvalue weighted by Gasteiger charge is -2.16. The van der Waals surface area contributed by atoms with E-state index in [0.29, 0.717) is 0 Å². The zero-order chi connectivity index (χ0) is 17.1. The number of nitrogens with zero attached hydrogens (tertiary/aromatic N) is 4. The Morgan fingerprint density at radius 1 is 1.04 bits per heavy atom. The predicted molar refractivity (Wildman–Crippen MR) is 102 cm³/mol. The third kappa shape index (κ3) is 3.37. The summed E-state index contributed by atoms with van der Waals surface area (Å²) in [6.07, 6.45) is 4.55. The number of nitrogens with one attached hydrogen (secondary N) is 1. The van der Waals surface area contributed by atoms with Gasteiger partial charge in [0.25, 0.3) is 0 Å². The lowest BCUT2D eigenvalue weighted by Crippen LogP contribution is -2.19. The molecule has 1 aliphatic heterocycles. The molecule has 0 spiro atoms. The minimum absolute atomic E-state index is 0.760. The molecule has 4 rings (SSSR count). The molecule has 0 bridgehead atoms. The van der Waals surface area contributed by atoms with Crippen LogP contribution < -0.4 is 10.2 Å². The second kappa shape index (κ2) is 7.23. The number of imidazole rings is 1. The van der Waals surface area contributed by atoms with Gasteiger partial charge in [-0.2, -0.15) is 0 Å². The van der Waals surface area contributed by atoms with Crippen LogP contribution in [0, 0.1) is 0 Å². The van der Waals surface area contributed by atoms with Crippen LogP contribution in [0.25, 0.3) is 11.0 Å². The molecule has 1 aromatic carbocycles. The number of hydrogen-bond acceptors (Lipinski definition) is 4. The Balaban J connectivity index is 1.39. The summed E-state index contributed by atoms with van der Waals surface area (Å²) in [6, 6.07) is 12.6. The summed E-state index contributed by atoms with van der Waals surface area (Å²) in [5.41, 5.74) is 3.48. The Labute approximate surface area is 148 Å². The van der Waals surface area contributed by atoms with Gasteiger partial charge in [0, 0.05) is 32.4 Å². The van der Waals surface area contributed by atoms with Crippen molar-refractivity contribution in [2.45, 2.75) is 39.4 Å². The van der Waals surface area contributed by atoms with Crippen molar-refractivity contribution in [2.75, 3.05) is 18.0 Å². The van der Waals surface area contributed by atoms with Crippen LogP contribution in [-0.2, 0) is 19.6 Å². The number of hydrogen-bond donors (Lipinski definition) is 1. The Kier molecular flexibility index (Phi) is 4.65. The van der Waals surface area contributed by atoms with Crippen LogP contribution in [0.15, 0.2) is 42.6 Å². The Bertz CT molecular complexity index is 831. The molecular formula is C20H25N5. The molecule has 0 aliphatic carbocycles. The first-order valence-corrected chi connectivity index (χ1v) is 9.20. The molecule has 0 unspecified atom stereocenters. The smallest absolute Gasteiger partial charge is 0.128 e. The molecule has 2 aromatic heterocycles. The molecule has 3 heterocycles. The Morgan fingerprint density at radius 2 is 1.88 bits per heavy atom. The van der Waals surface area contributed by atoms with E-state index in [1.54, 1.807) is 0 Å². The second-order valence-corrected chi connectivity index (χ2v) is 6.58. The molecule has 3 aromatic rings. The Hall–Kier alpha value is -2.40. The van der Waals surface area contributed by atoms with Crippen LogP contribution in [0.1, 0.15) is 31.2 Å². The van der Waals surface area contributed by atoms with Gasteiger partial charge in [-0.3, -0.25) is 0 Å². The quantitative estimate of drug-likeness (QED) is 0.750. The fourth-order valence-electron chi connectivity index (χ4n) is 3.59. The van der Waals surface area contributed by atoms with Crippen LogP contribution in [0.5, 0.6) is 0 Å². The van der Waals surface area contributed by atoms with Crippen molar-refractivity contribution in [1.82, 2.24) is 19.9 Å². The lowest BCUT2D eigenvalue weighted by atomic mass is 10.2. The van der Waals surface area contributed by atoms with Crippen LogP contribution >= 0.6 is 0 Å². The molecule has 1 N–H and O–H groups in total. The monoisotopic (exact) mass is 335 g/mol. The highest BCUT2D eigenvalue weighted by Gasteiger charge is 2.13. The average molecular weight is 335 g/mol. The maximum Gasteiger partial charge on any atom is 0.128 e. The van der Waals surface area contributed by atoms with Gasteiger partial charge in [0.05, 0.1) is 17.6 Å². The predicted octanol–water partition coefficient (Wildman–Crippen LogP) is 3.34. The summed E-state index contributed by atoms with van der Waals surface area (Å²) in [5, 5.41) is 3.51. The van der Waals surface area contributed by atoms with E-state index in [1.807, 2.05) is 12.3 Å². The first-order chi connectivity index (χ1) is 12.3. The normalized spacial score (nSPS) is 14.5. The van der Waals surface area contributed by atoms with Gasteiger partial charge < -0.3 is 14.8 Å². The van der Waals surface area contributed by atoms with E-state index in [1.165, 1.54) is 23.9 Å². The highest BCUT2D eigenvalue weighted by atomic mass is 15.2. The SMILES string of the molecule is CCn1c(CNCc2ccc(N3CCCC3)nc2)nc2ccccc21. The van der Waals surface area contributed by atoms with Gasteiger partial charge in [-0.15, -0.1) is 0 Å². The molecular weight excluding hydrogens is 310 g/mol. The van der Waals surface area contributed by atoms with Crippen molar-refractivity contribution < 1.29 is 0 Å². The number of fused-ring (bicyclic) bond motifs is 1. The molecule has 1 fully saturated rings. The molecule has 0 atom stereocenters. The van der Waals surface area contributed by atoms with Crippen LogP contribution in [-0.4, -0.2) is 27.6 Å². The van der Waals surface area contributed by atoms with Gasteiger partial charge in [-0.1, -0.05) is 18.2 Å². The zero-order valence-electron chi connectivity index (χ0n) is 14.8. The lowest BCUT2D eigenvalue weighted by molar-refractivity contribution is 0.620. The summed E-state index contributed by atoms with van der Waals surface area (Å²) in [7, 11) is 0. The fraction of sp³-hybridized carbons (Fsp3) is 0.400. The topological polar surface area (TPSA) is 46.0 Å². The van der Waals surface area contributed by atoms with Crippen molar-refractivity contribution in [3.05, 3.63) is 54.0 Å². The van der Waals surface area contributed by atoms with Gasteiger partial charge >= 0.3 is 0 Å². The van der Waals surface area contributed by atoms with Gasteiger partial charge in [0.2, 0.25) is 0 Å². The van der Waals surface area contributed by atoms with Crippen molar-refractivity contribution in [3.8, 4) is 0 Å². The van der Waals surface area contributed by atoms with E-state index in [-0.39, 0.29) is 0 Å². The van der Waals surface area contributed by atoms with Crippen molar-refractivity contribution in [1.29, 1.82) is 0 Å². The molecule has 0 saturated carbocycles. The maximum atomic E-state index is 4.76. The summed E-state index contributed by atoms with van der Waals surface area (Å²) in [4.78, 5) is 11.7. The minimum Gasteiger partial charge on any atom is -0.357 e. The third-order valence-corrected chi connectivity index (χ3v) is 4.90. The first kappa shape index (κ1) is 16.1. The van der Waals surface area contributed by atoms with Crippen LogP contribution in [0.4, 0.5) is 5.82 Å². The van der Waals surface area contributed by atoms with Gasteiger partial charge in [0.1, 0.15) is 11.6 Å². The summed E-state index contributed by atoms with van der Waals surface area (Å²) >= 11 is 0. The summed E-state index contributed by atoms with van der Waals surface area (Å²) in [5.74, 6) is 2.19. The first-order valence-electron chi connectivity index (χ1n) is 9.20. The second-order valence-electron chi connectivity index (χ2n) is 6.58. The maximum absolute atomic E-state index is 4.76. The molecule has 5 heteroatoms. The summed E-state index contributed by atoms with van der Waals surface area (Å²) in [6.45, 7) is 6.94. The van der Waals surface area contributed by atoms with Crippen molar-refractivity contribution >= 4 is 16.9 Å². The number of aromatic nitrogens is 3. The molecule has 0 radical (unpaired) electrons. The Morgan fingerprint density at radius 3 is 2.64 bits per heavy atom. The van der Waals surface area contributed by atoms with Gasteiger partial charge in [-0.25, -0.2) is 9.97 Å². The molecule has 1 aliphatic rings. The van der Waals surface area contributed by atoms with E-state index in [0.717, 1.165) is 49.9 Å². The van der Waals surface area contributed by atoms with E-state index in [4.69, 9.17) is 4.98 Å². The number of aryl methyl sites for hydroxylation is 1. The number of para-hydroxylation sites is 2. The number of anilines is 1. The number of pyridine rings is 1. The minimum atomic E-state index is 0.760. The molecule has 5 nitrogen and oxygen atoms in total. The fourth-order valence-corrected chi connectivity index (χ4v) is 3.59. The largest absolute Gasteiger partial charge is 0.357 e. The average Bonchev–Trinajstić information content (AvgIpc) is 3.30. The molecule has 1 saturated heterocycles. The van der Waals surface area contributed by atoms with Gasteiger partial charge in [-0.05, 0) is 43.5 Å². The molecule has 0 amide bonds. The summed E-state index contributed by atoms with van der Waals surface area (Å²) < 4.78 is 2.27. The number of benzene rings is 1. The van der Waals surface area contributed by atoms with Gasteiger partial charge in [0.15, 0.2) is 0 Å². The van der Waals surface area contributed by atoms with E-state index < -0.39 is 0 Å². The van der Waals surface area contributed by atoms with E-state index in [9.17, 15) is 0 Å². The van der Waals surface area contributed by atoms with E-state index >= 15 is 0 Å². The highest BCUT2D eigenvalue weighted by molar-refractivity contribution is 5.75. The van der Waals surface area contributed by atoms with Crippen LogP contribution in [0.3, 0.4) is 0 Å². The third-order valence-electron chi connectivity index (χ3n) is 4.90. The highest BCUT2D eigenvalue weighted by Crippen LogP contribution is 2.18. The molecule has 130 valence electrons. The zero-order valence-corrected chi connectivity index (χ0v) is 14.8. The van der Waals surface area contributed by atoms with Crippen molar-refractivity contribution in [3.63, 3.8) is 0 Å². The number of rotatable bonds is 6. The van der Waals surface area contributed by atoms with Crippen LogP contribution in [0.2, 0.25) is 0 Å². The molecule has 25 heavy (non-hydrogen) atoms. The standard InChI is InChI=1S/C20H25N5/c1-2-25-18-8-4-3-7-17(18)23-20(25)15-21-13-16-9-10-19(22-14-16)24-11-5-6-12-24/h3-4,7-10,14,21H,2,5-6,11-13,15H2,1H3.